The highest BCUT2D eigenvalue weighted by molar-refractivity contribution is 8.93. The van der Waals surface area contributed by atoms with Crippen LogP contribution in [0, 0.1) is 0 Å². The first-order chi connectivity index (χ1) is 4.83. The van der Waals surface area contributed by atoms with E-state index in [1.54, 1.807) is 0 Å². The summed E-state index contributed by atoms with van der Waals surface area (Å²) in [5, 5.41) is 0. The van der Waals surface area contributed by atoms with Crippen molar-refractivity contribution in [2.45, 2.75) is 12.8 Å². The maximum absolute atomic E-state index is 5.06. The number of hydrogen-bond acceptors (Lipinski definition) is 4. The van der Waals surface area contributed by atoms with Gasteiger partial charge in [-0.15, -0.1) is 34.0 Å². The summed E-state index contributed by atoms with van der Waals surface area (Å²) >= 11 is 0. The van der Waals surface area contributed by atoms with E-state index in [0.29, 0.717) is 0 Å². The van der Waals surface area contributed by atoms with Crippen LogP contribution in [0.3, 0.4) is 0 Å². The molecule has 4 nitrogen and oxygen atoms in total. The highest BCUT2D eigenvalue weighted by atomic mass is 79.9. The molecule has 0 amide bonds. The maximum Gasteiger partial charge on any atom is -0.00653 e. The molecule has 0 spiro atoms. The lowest BCUT2D eigenvalue weighted by Gasteiger charge is -1.81. The average Bonchev–Trinajstić information content (AvgIpc) is 1.93. The summed E-state index contributed by atoms with van der Waals surface area (Å²) in [6, 6.07) is 0. The lowest BCUT2D eigenvalue weighted by Crippen LogP contribution is -2.06. The number of hydrogen-bond donors (Lipinski definition) is 4. The van der Waals surface area contributed by atoms with Crippen molar-refractivity contribution >= 4 is 34.0 Å². The van der Waals surface area contributed by atoms with Gasteiger partial charge in [-0.2, -0.15) is 0 Å². The Balaban J connectivity index is -0.0000000457. The molecule has 0 atom stereocenters. The second kappa shape index (κ2) is 29.8. The molecular weight excluding hydrogens is 288 g/mol. The van der Waals surface area contributed by atoms with Gasteiger partial charge in [0.2, 0.25) is 0 Å². The largest absolute Gasteiger partial charge is 0.330 e. The van der Waals surface area contributed by atoms with Gasteiger partial charge in [-0.1, -0.05) is 0 Å². The van der Waals surface area contributed by atoms with Crippen LogP contribution >= 0.6 is 34.0 Å². The molecule has 0 rings (SSSR count). The van der Waals surface area contributed by atoms with Gasteiger partial charge in [0, 0.05) is 0 Å². The highest BCUT2D eigenvalue weighted by Gasteiger charge is 1.68. The summed E-state index contributed by atoms with van der Waals surface area (Å²) < 4.78 is 0. The third kappa shape index (κ3) is 45.0. The third-order valence-electron chi connectivity index (χ3n) is 0.816. The zero-order valence-electron chi connectivity index (χ0n) is 7.37. The van der Waals surface area contributed by atoms with Gasteiger partial charge in [0.25, 0.3) is 0 Å². The molecule has 0 aromatic rings. The van der Waals surface area contributed by atoms with E-state index in [1.807, 2.05) is 0 Å². The minimum Gasteiger partial charge on any atom is -0.330 e. The molecule has 8 N–H and O–H groups in total. The van der Waals surface area contributed by atoms with Gasteiger partial charge >= 0.3 is 0 Å². The van der Waals surface area contributed by atoms with Gasteiger partial charge in [-0.3, -0.25) is 0 Å². The van der Waals surface area contributed by atoms with Gasteiger partial charge in [-0.05, 0) is 39.0 Å². The molecule has 0 aliphatic carbocycles. The summed E-state index contributed by atoms with van der Waals surface area (Å²) in [6.45, 7) is 2.88. The van der Waals surface area contributed by atoms with Crippen LogP contribution in [0.15, 0.2) is 0 Å². The zero-order valence-corrected chi connectivity index (χ0v) is 10.8. The molecule has 0 fully saturated rings. The predicted octanol–water partition coefficient (Wildman–Crippen LogP) is -0.256. The quantitative estimate of drug-likeness (QED) is 0.574. The lowest BCUT2D eigenvalue weighted by molar-refractivity contribution is 0.844. The van der Waals surface area contributed by atoms with Gasteiger partial charge in [-0.25, -0.2) is 0 Å². The van der Waals surface area contributed by atoms with Crippen LogP contribution in [0.1, 0.15) is 12.8 Å². The van der Waals surface area contributed by atoms with E-state index in [2.05, 4.69) is 0 Å². The Kier molecular flexibility index (Phi) is 57.1. The van der Waals surface area contributed by atoms with Crippen LogP contribution in [0.2, 0.25) is 0 Å². The van der Waals surface area contributed by atoms with Crippen LogP contribution in [-0.2, 0) is 0 Å². The Bertz CT molecular complexity index is 38.5. The Morgan fingerprint density at radius 2 is 0.667 bits per heavy atom. The first-order valence-electron chi connectivity index (χ1n) is 3.63. The lowest BCUT2D eigenvalue weighted by atomic mass is 10.4. The van der Waals surface area contributed by atoms with Crippen molar-refractivity contribution < 1.29 is 0 Å². The van der Waals surface area contributed by atoms with Crippen LogP contribution in [0.25, 0.3) is 0 Å². The van der Waals surface area contributed by atoms with Crippen molar-refractivity contribution in [3.05, 3.63) is 0 Å². The Morgan fingerprint density at radius 1 is 0.500 bits per heavy atom. The number of rotatable bonds is 4. The molecule has 12 heavy (non-hydrogen) atoms. The van der Waals surface area contributed by atoms with Crippen molar-refractivity contribution in [2.24, 2.45) is 22.9 Å². The Morgan fingerprint density at radius 3 is 0.667 bits per heavy atom. The van der Waals surface area contributed by atoms with Crippen LogP contribution in [0.4, 0.5) is 0 Å². The second-order valence-corrected chi connectivity index (χ2v) is 1.86. The Labute approximate surface area is 96.0 Å². The van der Waals surface area contributed by atoms with E-state index in [4.69, 9.17) is 22.9 Å². The first kappa shape index (κ1) is 23.0. The molecule has 80 valence electrons. The molecule has 0 radical (unpaired) electrons. The molecule has 6 heteroatoms. The molecule has 0 saturated heterocycles. The van der Waals surface area contributed by atoms with Crippen molar-refractivity contribution in [2.75, 3.05) is 26.2 Å². The maximum atomic E-state index is 5.06. The van der Waals surface area contributed by atoms with Gasteiger partial charge in [0.1, 0.15) is 0 Å². The average molecular weight is 310 g/mol. The molecule has 0 aromatic heterocycles. The minimum absolute atomic E-state index is 0. The van der Waals surface area contributed by atoms with E-state index < -0.39 is 0 Å². The van der Waals surface area contributed by atoms with E-state index >= 15 is 0 Å². The summed E-state index contributed by atoms with van der Waals surface area (Å²) in [4.78, 5) is 0. The molecule has 0 aromatic carbocycles. The number of nitrogens with two attached hydrogens (primary N) is 4. The fourth-order valence-corrected chi connectivity index (χ4v) is 0.236. The first-order valence-corrected chi connectivity index (χ1v) is 3.63. The fraction of sp³-hybridized carbons (Fsp3) is 1.00. The van der Waals surface area contributed by atoms with Gasteiger partial charge in [0.15, 0.2) is 0 Å². The van der Waals surface area contributed by atoms with Crippen molar-refractivity contribution in [1.29, 1.82) is 0 Å². The third-order valence-corrected chi connectivity index (χ3v) is 0.816. The summed E-state index contributed by atoms with van der Waals surface area (Å²) in [6.07, 6.45) is 1.89. The molecule has 0 aliphatic rings. The van der Waals surface area contributed by atoms with Crippen molar-refractivity contribution in [1.82, 2.24) is 0 Å². The monoisotopic (exact) mass is 308 g/mol. The summed E-state index contributed by atoms with van der Waals surface area (Å²) in [5.74, 6) is 0. The van der Waals surface area contributed by atoms with E-state index in [-0.39, 0.29) is 34.0 Å². The van der Waals surface area contributed by atoms with Crippen LogP contribution in [-0.4, -0.2) is 26.2 Å². The van der Waals surface area contributed by atoms with E-state index in [1.165, 1.54) is 0 Å². The summed E-state index contributed by atoms with van der Waals surface area (Å²) in [7, 11) is 0. The fourth-order valence-electron chi connectivity index (χ4n) is 0.236. The normalized spacial score (nSPS) is 7.00. The van der Waals surface area contributed by atoms with Crippen LogP contribution < -0.4 is 22.9 Å². The topological polar surface area (TPSA) is 104 Å². The standard InChI is InChI=1S/2C3H10N2.2BrH/c2*4-2-1-3-5;;/h2*1-5H2;2*1H. The van der Waals surface area contributed by atoms with Crippen molar-refractivity contribution in [3.63, 3.8) is 0 Å². The van der Waals surface area contributed by atoms with Crippen molar-refractivity contribution in [3.8, 4) is 0 Å². The Hall–Kier alpha value is 0.800. The summed E-state index contributed by atoms with van der Waals surface area (Å²) in [5.41, 5.74) is 20.2. The predicted molar refractivity (Wildman–Crippen MR) is 66.1 cm³/mol. The number of halogens is 2. The molecule has 0 unspecified atom stereocenters. The highest BCUT2D eigenvalue weighted by Crippen LogP contribution is 1.58. The van der Waals surface area contributed by atoms with E-state index in [9.17, 15) is 0 Å². The van der Waals surface area contributed by atoms with Gasteiger partial charge < -0.3 is 22.9 Å². The van der Waals surface area contributed by atoms with E-state index in [0.717, 1.165) is 39.0 Å². The zero-order chi connectivity index (χ0) is 8.24. The smallest absolute Gasteiger partial charge is 0.00653 e. The SMILES string of the molecule is Br.Br.NCCCN.NCCCN. The molecular formula is C6H22Br2N4. The van der Waals surface area contributed by atoms with Crippen LogP contribution in [0.5, 0.6) is 0 Å². The molecule has 0 aliphatic heterocycles. The van der Waals surface area contributed by atoms with Gasteiger partial charge in [0.05, 0.1) is 0 Å². The molecule has 0 heterocycles. The molecule has 0 saturated carbocycles. The molecule has 0 bridgehead atoms. The minimum atomic E-state index is 0. The second-order valence-electron chi connectivity index (χ2n) is 1.86.